The summed E-state index contributed by atoms with van der Waals surface area (Å²) in [6.45, 7) is 1.24. The normalized spacial score (nSPS) is 11.5. The van der Waals surface area contributed by atoms with Crippen LogP contribution in [0.3, 0.4) is 0 Å². The molecule has 0 fully saturated rings. The topological polar surface area (TPSA) is 96.7 Å². The Morgan fingerprint density at radius 1 is 1.07 bits per heavy atom. The summed E-state index contributed by atoms with van der Waals surface area (Å²) in [5.74, 6) is 0.0587. The van der Waals surface area contributed by atoms with Gasteiger partial charge in [0.25, 0.3) is 0 Å². The standard InChI is InChI=1S/C20H20N2O5S/c1-14(23)15-7-9-18(10-8-15)28(25,26)21-12-20(24)22(2)13-17-11-16-5-3-4-6-19(16)27-17/h3-11,21H,12-13H2,1-2H3. The van der Waals surface area contributed by atoms with Crippen LogP contribution < -0.4 is 4.72 Å². The summed E-state index contributed by atoms with van der Waals surface area (Å²) in [5.41, 5.74) is 1.15. The van der Waals surface area contributed by atoms with Gasteiger partial charge >= 0.3 is 0 Å². The van der Waals surface area contributed by atoms with Crippen molar-refractivity contribution in [1.29, 1.82) is 0 Å². The number of likely N-dealkylation sites (N-methyl/N-ethyl adjacent to an activating group) is 1. The maximum Gasteiger partial charge on any atom is 0.241 e. The Balaban J connectivity index is 1.61. The average molecular weight is 400 g/mol. The van der Waals surface area contributed by atoms with Crippen LogP contribution in [0.1, 0.15) is 23.0 Å². The molecule has 146 valence electrons. The molecule has 3 rings (SSSR count). The van der Waals surface area contributed by atoms with Crippen LogP contribution in [-0.2, 0) is 21.4 Å². The molecule has 0 aliphatic carbocycles. The van der Waals surface area contributed by atoms with Crippen LogP contribution in [0.4, 0.5) is 0 Å². The zero-order valence-corrected chi connectivity index (χ0v) is 16.3. The Labute approximate surface area is 163 Å². The van der Waals surface area contributed by atoms with E-state index in [-0.39, 0.29) is 23.8 Å². The zero-order chi connectivity index (χ0) is 20.3. The van der Waals surface area contributed by atoms with E-state index in [9.17, 15) is 18.0 Å². The van der Waals surface area contributed by atoms with Crippen molar-refractivity contribution in [2.24, 2.45) is 0 Å². The zero-order valence-electron chi connectivity index (χ0n) is 15.5. The van der Waals surface area contributed by atoms with Crippen LogP contribution in [0.25, 0.3) is 11.0 Å². The minimum absolute atomic E-state index is 0.00904. The van der Waals surface area contributed by atoms with Crippen molar-refractivity contribution in [3.63, 3.8) is 0 Å². The van der Waals surface area contributed by atoms with Crippen LogP contribution in [-0.4, -0.2) is 38.6 Å². The fourth-order valence-electron chi connectivity index (χ4n) is 2.68. The maximum absolute atomic E-state index is 12.3. The highest BCUT2D eigenvalue weighted by Crippen LogP contribution is 2.19. The predicted molar refractivity (Wildman–Crippen MR) is 104 cm³/mol. The van der Waals surface area contributed by atoms with Crippen molar-refractivity contribution < 1.29 is 22.4 Å². The van der Waals surface area contributed by atoms with Crippen LogP contribution in [0, 0.1) is 0 Å². The van der Waals surface area contributed by atoms with E-state index >= 15 is 0 Å². The molecular weight excluding hydrogens is 380 g/mol. The number of hydrogen-bond donors (Lipinski definition) is 1. The number of Topliss-reactive ketones (excluding diaryl/α,β-unsaturated/α-hetero) is 1. The minimum atomic E-state index is -3.86. The molecule has 28 heavy (non-hydrogen) atoms. The number of sulfonamides is 1. The molecular formula is C20H20N2O5S. The van der Waals surface area contributed by atoms with E-state index in [1.54, 1.807) is 7.05 Å². The van der Waals surface area contributed by atoms with E-state index < -0.39 is 15.9 Å². The number of nitrogens with one attached hydrogen (secondary N) is 1. The van der Waals surface area contributed by atoms with Gasteiger partial charge in [-0.2, -0.15) is 0 Å². The second-order valence-electron chi connectivity index (χ2n) is 6.41. The van der Waals surface area contributed by atoms with Crippen molar-refractivity contribution in [1.82, 2.24) is 9.62 Å². The minimum Gasteiger partial charge on any atom is -0.459 e. The van der Waals surface area contributed by atoms with Gasteiger partial charge in [0.05, 0.1) is 18.0 Å². The summed E-state index contributed by atoms with van der Waals surface area (Å²) in [5, 5.41) is 0.938. The van der Waals surface area contributed by atoms with Gasteiger partial charge in [-0.3, -0.25) is 9.59 Å². The molecule has 0 atom stereocenters. The monoisotopic (exact) mass is 400 g/mol. The van der Waals surface area contributed by atoms with E-state index in [0.29, 0.717) is 11.3 Å². The van der Waals surface area contributed by atoms with Crippen molar-refractivity contribution in [3.8, 4) is 0 Å². The summed E-state index contributed by atoms with van der Waals surface area (Å²) in [7, 11) is -2.28. The van der Waals surface area contributed by atoms with Crippen LogP contribution in [0.2, 0.25) is 0 Å². The molecule has 3 aromatic rings. The van der Waals surface area contributed by atoms with Gasteiger partial charge in [-0.1, -0.05) is 30.3 Å². The van der Waals surface area contributed by atoms with Gasteiger partial charge in [-0.25, -0.2) is 13.1 Å². The van der Waals surface area contributed by atoms with Gasteiger partial charge in [0.1, 0.15) is 11.3 Å². The molecule has 1 aromatic heterocycles. The maximum atomic E-state index is 12.3. The molecule has 1 heterocycles. The summed E-state index contributed by atoms with van der Waals surface area (Å²) in [6.07, 6.45) is 0. The fourth-order valence-corrected chi connectivity index (χ4v) is 3.66. The number of furan rings is 1. The number of rotatable bonds is 7. The summed E-state index contributed by atoms with van der Waals surface area (Å²) >= 11 is 0. The molecule has 0 unspecified atom stereocenters. The quantitative estimate of drug-likeness (QED) is 0.615. The summed E-state index contributed by atoms with van der Waals surface area (Å²) < 4.78 is 32.6. The Morgan fingerprint density at radius 3 is 2.39 bits per heavy atom. The largest absolute Gasteiger partial charge is 0.459 e. The molecule has 0 aliphatic heterocycles. The Bertz CT molecular complexity index is 1080. The second-order valence-corrected chi connectivity index (χ2v) is 8.17. The number of fused-ring (bicyclic) bond motifs is 1. The number of hydrogen-bond acceptors (Lipinski definition) is 5. The molecule has 0 spiro atoms. The highest BCUT2D eigenvalue weighted by atomic mass is 32.2. The van der Waals surface area contributed by atoms with Crippen LogP contribution >= 0.6 is 0 Å². The molecule has 8 heteroatoms. The lowest BCUT2D eigenvalue weighted by molar-refractivity contribution is -0.129. The predicted octanol–water partition coefficient (Wildman–Crippen LogP) is 2.57. The average Bonchev–Trinajstić information content (AvgIpc) is 3.08. The second kappa shape index (κ2) is 7.95. The number of nitrogens with zero attached hydrogens (tertiary/aromatic N) is 1. The van der Waals surface area contributed by atoms with E-state index in [1.807, 2.05) is 30.3 Å². The SMILES string of the molecule is CC(=O)c1ccc(S(=O)(=O)NCC(=O)N(C)Cc2cc3ccccc3o2)cc1. The molecule has 2 aromatic carbocycles. The van der Waals surface area contributed by atoms with Crippen LogP contribution in [0.5, 0.6) is 0 Å². The van der Waals surface area contributed by atoms with Gasteiger partial charge in [0.2, 0.25) is 15.9 Å². The molecule has 0 bridgehead atoms. The van der Waals surface area contributed by atoms with Gasteiger partial charge in [0, 0.05) is 18.0 Å². The number of amides is 1. The fraction of sp³-hybridized carbons (Fsp3) is 0.200. The molecule has 1 amide bonds. The highest BCUT2D eigenvalue weighted by Gasteiger charge is 2.18. The summed E-state index contributed by atoms with van der Waals surface area (Å²) in [6, 6.07) is 14.9. The van der Waals surface area contributed by atoms with Gasteiger partial charge in [0.15, 0.2) is 5.78 Å². The number of carbonyl (C=O) groups is 2. The van der Waals surface area contributed by atoms with E-state index in [0.717, 1.165) is 11.0 Å². The lowest BCUT2D eigenvalue weighted by atomic mass is 10.2. The number of benzene rings is 2. The number of para-hydroxylation sites is 1. The number of ketones is 1. The van der Waals surface area contributed by atoms with Crippen LogP contribution in [0.15, 0.2) is 63.9 Å². The van der Waals surface area contributed by atoms with Gasteiger partial charge in [-0.15, -0.1) is 0 Å². The third kappa shape index (κ3) is 4.47. The third-order valence-electron chi connectivity index (χ3n) is 4.28. The molecule has 0 aliphatic rings. The molecule has 0 saturated heterocycles. The van der Waals surface area contributed by atoms with Crippen molar-refractivity contribution >= 4 is 32.7 Å². The third-order valence-corrected chi connectivity index (χ3v) is 5.70. The van der Waals surface area contributed by atoms with E-state index in [4.69, 9.17) is 4.42 Å². The highest BCUT2D eigenvalue weighted by molar-refractivity contribution is 7.89. The molecule has 0 radical (unpaired) electrons. The van der Waals surface area contributed by atoms with Gasteiger partial charge < -0.3 is 9.32 Å². The first kappa shape index (κ1) is 19.8. The van der Waals surface area contributed by atoms with Crippen molar-refractivity contribution in [2.45, 2.75) is 18.4 Å². The molecule has 1 N–H and O–H groups in total. The van der Waals surface area contributed by atoms with E-state index in [1.165, 1.54) is 36.1 Å². The number of carbonyl (C=O) groups excluding carboxylic acids is 2. The first-order chi connectivity index (χ1) is 13.3. The smallest absolute Gasteiger partial charge is 0.241 e. The Morgan fingerprint density at radius 2 is 1.75 bits per heavy atom. The van der Waals surface area contributed by atoms with E-state index in [2.05, 4.69) is 4.72 Å². The first-order valence-electron chi connectivity index (χ1n) is 8.58. The molecule has 7 nitrogen and oxygen atoms in total. The Hall–Kier alpha value is -2.97. The lowest BCUT2D eigenvalue weighted by Crippen LogP contribution is -2.37. The lowest BCUT2D eigenvalue weighted by Gasteiger charge is -2.16. The van der Waals surface area contributed by atoms with Crippen molar-refractivity contribution in [2.75, 3.05) is 13.6 Å². The van der Waals surface area contributed by atoms with Gasteiger partial charge in [-0.05, 0) is 31.2 Å². The first-order valence-corrected chi connectivity index (χ1v) is 10.1. The Kier molecular flexibility index (Phi) is 5.62. The van der Waals surface area contributed by atoms with Crippen molar-refractivity contribution in [3.05, 3.63) is 65.9 Å². The summed E-state index contributed by atoms with van der Waals surface area (Å²) in [4.78, 5) is 25.0. The molecule has 0 saturated carbocycles.